The molecule has 0 radical (unpaired) electrons. The molecule has 1 aliphatic carbocycles. The summed E-state index contributed by atoms with van der Waals surface area (Å²) in [5.41, 5.74) is 2.92. The van der Waals surface area contributed by atoms with Gasteiger partial charge in [-0.05, 0) is 42.5 Å². The molecule has 0 bridgehead atoms. The number of para-hydroxylation sites is 1. The lowest BCUT2D eigenvalue weighted by Crippen LogP contribution is -2.30. The number of carbonyl (C=O) groups is 1. The van der Waals surface area contributed by atoms with Crippen molar-refractivity contribution < 1.29 is 14.5 Å². The fraction of sp³-hybridized carbons (Fsp3) is 0.286. The summed E-state index contributed by atoms with van der Waals surface area (Å²) < 4.78 is 5.21. The normalized spacial score (nSPS) is 22.1. The zero-order chi connectivity index (χ0) is 19.8. The molecule has 7 heteroatoms. The molecular formula is C21H19ClN2O4. The van der Waals surface area contributed by atoms with Crippen LogP contribution in [0.4, 0.5) is 11.4 Å². The fourth-order valence-electron chi connectivity index (χ4n) is 4.19. The zero-order valence-electron chi connectivity index (χ0n) is 15.2. The molecule has 0 fully saturated rings. The second kappa shape index (κ2) is 7.28. The van der Waals surface area contributed by atoms with E-state index in [1.165, 1.54) is 6.07 Å². The molecule has 0 unspecified atom stereocenters. The van der Waals surface area contributed by atoms with E-state index in [2.05, 4.69) is 17.5 Å². The SMILES string of the molecule is CCOC(=O)c1cccc2c1N[C@H](c1ccc(Cl)c([N+](=O)[O-])c1)[C@H]1CC=C[C@@H]21. The van der Waals surface area contributed by atoms with E-state index in [4.69, 9.17) is 16.3 Å². The van der Waals surface area contributed by atoms with Crippen LogP contribution < -0.4 is 5.32 Å². The zero-order valence-corrected chi connectivity index (χ0v) is 16.0. The number of nitrogens with zero attached hydrogens (tertiary/aromatic N) is 1. The third-order valence-electron chi connectivity index (χ3n) is 5.42. The smallest absolute Gasteiger partial charge is 0.340 e. The quantitative estimate of drug-likeness (QED) is 0.329. The van der Waals surface area contributed by atoms with Crippen LogP contribution in [0, 0.1) is 16.0 Å². The lowest BCUT2D eigenvalue weighted by molar-refractivity contribution is -0.384. The van der Waals surface area contributed by atoms with Crippen LogP contribution >= 0.6 is 11.6 Å². The first-order valence-electron chi connectivity index (χ1n) is 9.18. The molecule has 2 aliphatic rings. The molecule has 1 heterocycles. The summed E-state index contributed by atoms with van der Waals surface area (Å²) >= 11 is 5.99. The van der Waals surface area contributed by atoms with E-state index in [0.29, 0.717) is 12.2 Å². The van der Waals surface area contributed by atoms with Gasteiger partial charge in [-0.25, -0.2) is 4.79 Å². The third kappa shape index (κ3) is 3.03. The highest BCUT2D eigenvalue weighted by Gasteiger charge is 2.40. The maximum Gasteiger partial charge on any atom is 0.340 e. The van der Waals surface area contributed by atoms with E-state index in [-0.39, 0.29) is 34.6 Å². The van der Waals surface area contributed by atoms with Gasteiger partial charge in [-0.2, -0.15) is 0 Å². The number of allylic oxidation sites excluding steroid dienone is 2. The highest BCUT2D eigenvalue weighted by atomic mass is 35.5. The Morgan fingerprint density at radius 2 is 2.18 bits per heavy atom. The van der Waals surface area contributed by atoms with Gasteiger partial charge in [0.2, 0.25) is 0 Å². The van der Waals surface area contributed by atoms with Gasteiger partial charge in [-0.15, -0.1) is 0 Å². The minimum atomic E-state index is -0.475. The molecule has 3 atom stereocenters. The largest absolute Gasteiger partial charge is 0.462 e. The first-order valence-corrected chi connectivity index (χ1v) is 9.56. The standard InChI is InChI=1S/C21H19ClN2O4/c1-2-28-21(25)16-8-4-7-15-13-5-3-6-14(13)19(23-20(15)16)12-9-10-17(22)18(11-12)24(26)27/h3-5,7-11,13-14,19,23H,2,6H2,1H3/t13-,14+,19-/m1/s1. The Morgan fingerprint density at radius 3 is 2.93 bits per heavy atom. The molecule has 0 saturated heterocycles. The van der Waals surface area contributed by atoms with Crippen LogP contribution in [0.5, 0.6) is 0 Å². The molecule has 144 valence electrons. The molecule has 1 N–H and O–H groups in total. The van der Waals surface area contributed by atoms with Gasteiger partial charge < -0.3 is 10.1 Å². The van der Waals surface area contributed by atoms with Crippen molar-refractivity contribution in [3.8, 4) is 0 Å². The van der Waals surface area contributed by atoms with Crippen LogP contribution in [0.1, 0.15) is 46.8 Å². The van der Waals surface area contributed by atoms with Crippen molar-refractivity contribution in [2.24, 2.45) is 5.92 Å². The van der Waals surface area contributed by atoms with Gasteiger partial charge in [0.05, 0.1) is 28.8 Å². The van der Waals surface area contributed by atoms with Gasteiger partial charge in [-0.1, -0.05) is 42.0 Å². The first-order chi connectivity index (χ1) is 13.5. The van der Waals surface area contributed by atoms with E-state index < -0.39 is 4.92 Å². The Kier molecular flexibility index (Phi) is 4.81. The second-order valence-corrected chi connectivity index (χ2v) is 7.34. The highest BCUT2D eigenvalue weighted by Crippen LogP contribution is 2.51. The summed E-state index contributed by atoms with van der Waals surface area (Å²) in [7, 11) is 0. The van der Waals surface area contributed by atoms with Crippen LogP contribution in [0.3, 0.4) is 0 Å². The van der Waals surface area contributed by atoms with Gasteiger partial charge in [0.1, 0.15) is 5.02 Å². The summed E-state index contributed by atoms with van der Waals surface area (Å²) in [6, 6.07) is 10.3. The summed E-state index contributed by atoms with van der Waals surface area (Å²) in [6.45, 7) is 2.06. The average molecular weight is 399 g/mol. The Hall–Kier alpha value is -2.86. The van der Waals surface area contributed by atoms with Crippen molar-refractivity contribution in [1.82, 2.24) is 0 Å². The number of anilines is 1. The van der Waals surface area contributed by atoms with Crippen LogP contribution in [-0.4, -0.2) is 17.5 Å². The lowest BCUT2D eigenvalue weighted by Gasteiger charge is -2.38. The first kappa shape index (κ1) is 18.5. The van der Waals surface area contributed by atoms with Gasteiger partial charge in [0, 0.05) is 12.0 Å². The number of hydrogen-bond acceptors (Lipinski definition) is 5. The van der Waals surface area contributed by atoms with Crippen molar-refractivity contribution in [3.05, 3.63) is 80.4 Å². The lowest BCUT2D eigenvalue weighted by atomic mass is 9.76. The predicted octanol–water partition coefficient (Wildman–Crippen LogP) is 5.25. The number of benzene rings is 2. The molecule has 0 amide bonds. The number of hydrogen-bond donors (Lipinski definition) is 1. The molecule has 0 spiro atoms. The average Bonchev–Trinajstić information content (AvgIpc) is 3.17. The molecule has 28 heavy (non-hydrogen) atoms. The molecule has 4 rings (SSSR count). The number of nitrogens with one attached hydrogen (secondary N) is 1. The number of halogens is 1. The molecule has 0 saturated carbocycles. The maximum atomic E-state index is 12.5. The Bertz CT molecular complexity index is 988. The minimum absolute atomic E-state index is 0.110. The van der Waals surface area contributed by atoms with Crippen molar-refractivity contribution >= 4 is 28.9 Å². The topological polar surface area (TPSA) is 81.5 Å². The Balaban J connectivity index is 1.80. The third-order valence-corrected chi connectivity index (χ3v) is 5.74. The number of nitro benzene ring substituents is 1. The van der Waals surface area contributed by atoms with Crippen molar-refractivity contribution in [1.29, 1.82) is 0 Å². The van der Waals surface area contributed by atoms with E-state index >= 15 is 0 Å². The van der Waals surface area contributed by atoms with Gasteiger partial charge in [0.15, 0.2) is 0 Å². The van der Waals surface area contributed by atoms with Gasteiger partial charge >= 0.3 is 5.97 Å². The summed E-state index contributed by atoms with van der Waals surface area (Å²) in [4.78, 5) is 23.3. The summed E-state index contributed by atoms with van der Waals surface area (Å²) in [6.07, 6.45) is 5.12. The monoisotopic (exact) mass is 398 g/mol. The molecule has 6 nitrogen and oxygen atoms in total. The molecule has 2 aromatic rings. The summed E-state index contributed by atoms with van der Waals surface area (Å²) in [5.74, 6) is -0.0517. The van der Waals surface area contributed by atoms with E-state index in [9.17, 15) is 14.9 Å². The van der Waals surface area contributed by atoms with Crippen LogP contribution in [0.15, 0.2) is 48.6 Å². The Morgan fingerprint density at radius 1 is 1.36 bits per heavy atom. The van der Waals surface area contributed by atoms with Crippen molar-refractivity contribution in [2.45, 2.75) is 25.3 Å². The Labute approximate surface area is 167 Å². The van der Waals surface area contributed by atoms with E-state index in [1.807, 2.05) is 12.1 Å². The van der Waals surface area contributed by atoms with Crippen LogP contribution in [0.25, 0.3) is 0 Å². The van der Waals surface area contributed by atoms with Gasteiger partial charge in [0.25, 0.3) is 5.69 Å². The van der Waals surface area contributed by atoms with Crippen LogP contribution in [-0.2, 0) is 4.74 Å². The molecular weight excluding hydrogens is 380 g/mol. The highest BCUT2D eigenvalue weighted by molar-refractivity contribution is 6.32. The number of carbonyl (C=O) groups excluding carboxylic acids is 1. The second-order valence-electron chi connectivity index (χ2n) is 6.93. The predicted molar refractivity (Wildman–Crippen MR) is 107 cm³/mol. The van der Waals surface area contributed by atoms with Crippen molar-refractivity contribution in [2.75, 3.05) is 11.9 Å². The number of rotatable bonds is 4. The molecule has 1 aliphatic heterocycles. The fourth-order valence-corrected chi connectivity index (χ4v) is 4.38. The number of esters is 1. The number of nitro groups is 1. The van der Waals surface area contributed by atoms with Crippen LogP contribution in [0.2, 0.25) is 5.02 Å². The van der Waals surface area contributed by atoms with Gasteiger partial charge in [-0.3, -0.25) is 10.1 Å². The van der Waals surface area contributed by atoms with Crippen molar-refractivity contribution in [3.63, 3.8) is 0 Å². The summed E-state index contributed by atoms with van der Waals surface area (Å²) in [5, 5.41) is 14.9. The minimum Gasteiger partial charge on any atom is -0.462 e. The van der Waals surface area contributed by atoms with E-state index in [1.54, 1.807) is 25.1 Å². The molecule has 0 aromatic heterocycles. The number of fused-ring (bicyclic) bond motifs is 3. The number of ether oxygens (including phenoxy) is 1. The molecule has 2 aromatic carbocycles. The maximum absolute atomic E-state index is 12.5. The van der Waals surface area contributed by atoms with E-state index in [0.717, 1.165) is 23.2 Å².